The third-order valence-corrected chi connectivity index (χ3v) is 6.84. The Bertz CT molecular complexity index is 1220. The Kier molecular flexibility index (Phi) is 6.64. The summed E-state index contributed by atoms with van der Waals surface area (Å²) < 4.78 is 5.77. The van der Waals surface area contributed by atoms with Crippen molar-refractivity contribution in [2.24, 2.45) is 0 Å². The van der Waals surface area contributed by atoms with E-state index in [1.165, 1.54) is 17.2 Å². The fraction of sp³-hybridized carbons (Fsp3) is 0.407. The first-order valence-electron chi connectivity index (χ1n) is 11.5. The van der Waals surface area contributed by atoms with Crippen LogP contribution in [-0.4, -0.2) is 30.4 Å². The van der Waals surface area contributed by atoms with Crippen molar-refractivity contribution in [3.05, 3.63) is 80.2 Å². The number of aryl methyl sites for hydroxylation is 1. The van der Waals surface area contributed by atoms with Gasteiger partial charge in [0.2, 0.25) is 0 Å². The predicted octanol–water partition coefficient (Wildman–Crippen LogP) is 5.62. The van der Waals surface area contributed by atoms with Crippen molar-refractivity contribution in [2.75, 3.05) is 19.6 Å². The molecule has 0 aliphatic carbocycles. The van der Waals surface area contributed by atoms with E-state index in [1.54, 1.807) is 12.1 Å². The maximum atomic E-state index is 12.9. The highest BCUT2D eigenvalue weighted by molar-refractivity contribution is 6.32. The number of likely N-dealkylation sites (tertiary alicyclic amines) is 1. The topological polar surface area (TPSA) is 62.6 Å². The summed E-state index contributed by atoms with van der Waals surface area (Å²) in [4.78, 5) is 27.9. The molecule has 1 N–H and O–H groups in total. The minimum absolute atomic E-state index is 0.0116. The number of amides is 1. The number of hydrogen-bond donors (Lipinski definition) is 1. The van der Waals surface area contributed by atoms with Crippen LogP contribution in [0.4, 0.5) is 0 Å². The van der Waals surface area contributed by atoms with Gasteiger partial charge in [-0.2, -0.15) is 0 Å². The summed E-state index contributed by atoms with van der Waals surface area (Å²) in [6.07, 6.45) is 2.32. The van der Waals surface area contributed by atoms with E-state index in [0.29, 0.717) is 22.5 Å². The molecule has 2 aromatic carbocycles. The molecule has 0 radical (unpaired) electrons. The van der Waals surface area contributed by atoms with Crippen LogP contribution in [0.15, 0.2) is 51.7 Å². The molecule has 1 unspecified atom stereocenters. The van der Waals surface area contributed by atoms with Crippen molar-refractivity contribution >= 4 is 28.5 Å². The lowest BCUT2D eigenvalue weighted by Gasteiger charge is -2.29. The number of nitrogens with zero attached hydrogens (tertiary/aromatic N) is 1. The Morgan fingerprint density at radius 1 is 1.12 bits per heavy atom. The van der Waals surface area contributed by atoms with Crippen molar-refractivity contribution in [3.63, 3.8) is 0 Å². The van der Waals surface area contributed by atoms with E-state index in [-0.39, 0.29) is 22.6 Å². The van der Waals surface area contributed by atoms with Crippen LogP contribution in [0.3, 0.4) is 0 Å². The van der Waals surface area contributed by atoms with Gasteiger partial charge < -0.3 is 9.73 Å². The van der Waals surface area contributed by atoms with Gasteiger partial charge in [-0.3, -0.25) is 14.5 Å². The van der Waals surface area contributed by atoms with E-state index in [4.69, 9.17) is 16.0 Å². The molecule has 6 heteroatoms. The van der Waals surface area contributed by atoms with E-state index in [9.17, 15) is 9.59 Å². The number of nitrogens with one attached hydrogen (secondary N) is 1. The first kappa shape index (κ1) is 23.5. The zero-order valence-corrected chi connectivity index (χ0v) is 20.5. The van der Waals surface area contributed by atoms with E-state index in [1.807, 2.05) is 6.92 Å². The average Bonchev–Trinajstić information content (AvgIpc) is 3.29. The molecule has 0 bridgehead atoms. The first-order chi connectivity index (χ1) is 15.6. The molecule has 1 aromatic heterocycles. The summed E-state index contributed by atoms with van der Waals surface area (Å²) in [6.45, 7) is 10.9. The second kappa shape index (κ2) is 9.32. The van der Waals surface area contributed by atoms with Gasteiger partial charge in [-0.15, -0.1) is 0 Å². The summed E-state index contributed by atoms with van der Waals surface area (Å²) in [6, 6.07) is 13.3. The Hall–Kier alpha value is -2.63. The van der Waals surface area contributed by atoms with Crippen molar-refractivity contribution < 1.29 is 9.21 Å². The van der Waals surface area contributed by atoms with E-state index < -0.39 is 5.91 Å². The molecule has 3 aromatic rings. The number of halogens is 1. The van der Waals surface area contributed by atoms with Gasteiger partial charge >= 0.3 is 0 Å². The van der Waals surface area contributed by atoms with Gasteiger partial charge in [-0.05, 0) is 67.1 Å². The fourth-order valence-electron chi connectivity index (χ4n) is 4.38. The molecule has 4 rings (SSSR count). The molecule has 0 spiro atoms. The maximum absolute atomic E-state index is 12.9. The quantitative estimate of drug-likeness (QED) is 0.530. The molecule has 0 saturated carbocycles. The summed E-state index contributed by atoms with van der Waals surface area (Å²) in [5, 5.41) is 3.87. The fourth-order valence-corrected chi connectivity index (χ4v) is 4.55. The largest absolute Gasteiger partial charge is 0.451 e. The number of carbonyl (C=O) groups excluding carboxylic acids is 1. The standard InChI is InChI=1S/C27H31ClN2O3/c1-17-13-24-20(14-21(17)28)23(31)15-25(33-24)26(32)29-16-22(30-11-5-6-12-30)18-7-9-19(10-8-18)27(2,3)4/h7-10,13-15,22H,5-6,11-12,16H2,1-4H3,(H,29,32). The first-order valence-corrected chi connectivity index (χ1v) is 11.9. The van der Waals surface area contributed by atoms with Gasteiger partial charge in [0, 0.05) is 17.6 Å². The Balaban J connectivity index is 1.56. The molecule has 1 saturated heterocycles. The zero-order chi connectivity index (χ0) is 23.8. The smallest absolute Gasteiger partial charge is 0.287 e. The highest BCUT2D eigenvalue weighted by Gasteiger charge is 2.25. The second-order valence-corrected chi connectivity index (χ2v) is 10.3. The molecule has 2 heterocycles. The monoisotopic (exact) mass is 466 g/mol. The molecule has 1 aliphatic heterocycles. The summed E-state index contributed by atoms with van der Waals surface area (Å²) in [5.41, 5.74) is 3.42. The van der Waals surface area contributed by atoms with Crippen LogP contribution >= 0.6 is 11.6 Å². The molecular formula is C27H31ClN2O3. The van der Waals surface area contributed by atoms with Gasteiger partial charge in [0.25, 0.3) is 5.91 Å². The number of fused-ring (bicyclic) bond motifs is 1. The number of rotatable bonds is 5. The second-order valence-electron chi connectivity index (χ2n) is 9.91. The van der Waals surface area contributed by atoms with Crippen LogP contribution in [0.5, 0.6) is 0 Å². The molecule has 33 heavy (non-hydrogen) atoms. The van der Waals surface area contributed by atoms with Gasteiger partial charge in [0.15, 0.2) is 11.2 Å². The predicted molar refractivity (Wildman–Crippen MR) is 133 cm³/mol. The van der Waals surface area contributed by atoms with Gasteiger partial charge in [0.1, 0.15) is 5.58 Å². The molecule has 1 fully saturated rings. The van der Waals surface area contributed by atoms with Gasteiger partial charge in [0.05, 0.1) is 11.4 Å². The molecule has 1 amide bonds. The van der Waals surface area contributed by atoms with Crippen molar-refractivity contribution in [3.8, 4) is 0 Å². The molecule has 1 aliphatic rings. The van der Waals surface area contributed by atoms with Crippen LogP contribution in [0.1, 0.15) is 66.9 Å². The van der Waals surface area contributed by atoms with E-state index >= 15 is 0 Å². The number of hydrogen-bond acceptors (Lipinski definition) is 4. The lowest BCUT2D eigenvalue weighted by Crippen LogP contribution is -2.37. The van der Waals surface area contributed by atoms with E-state index in [2.05, 4.69) is 55.3 Å². The van der Waals surface area contributed by atoms with Gasteiger partial charge in [-0.1, -0.05) is 56.6 Å². The average molecular weight is 467 g/mol. The maximum Gasteiger partial charge on any atom is 0.287 e. The van der Waals surface area contributed by atoms with Crippen molar-refractivity contribution in [2.45, 2.75) is 52.0 Å². The molecule has 5 nitrogen and oxygen atoms in total. The molecular weight excluding hydrogens is 436 g/mol. The number of benzene rings is 2. The Morgan fingerprint density at radius 2 is 1.79 bits per heavy atom. The minimum atomic E-state index is -0.392. The Morgan fingerprint density at radius 3 is 2.42 bits per heavy atom. The summed E-state index contributed by atoms with van der Waals surface area (Å²) >= 11 is 6.14. The zero-order valence-electron chi connectivity index (χ0n) is 19.7. The third-order valence-electron chi connectivity index (χ3n) is 6.43. The lowest BCUT2D eigenvalue weighted by molar-refractivity contribution is 0.0910. The number of carbonyl (C=O) groups is 1. The molecule has 1 atom stereocenters. The highest BCUT2D eigenvalue weighted by atomic mass is 35.5. The molecule has 174 valence electrons. The normalized spacial score (nSPS) is 15.7. The summed E-state index contributed by atoms with van der Waals surface area (Å²) in [5.74, 6) is -0.380. The van der Waals surface area contributed by atoms with Crippen LogP contribution in [0, 0.1) is 6.92 Å². The minimum Gasteiger partial charge on any atom is -0.451 e. The van der Waals surface area contributed by atoms with E-state index in [0.717, 1.165) is 31.5 Å². The van der Waals surface area contributed by atoms with Crippen LogP contribution in [0.2, 0.25) is 5.02 Å². The SMILES string of the molecule is Cc1cc2oc(C(=O)NCC(c3ccc(C(C)(C)C)cc3)N3CCCC3)cc(=O)c2cc1Cl. The third kappa shape index (κ3) is 5.15. The Labute approximate surface area is 199 Å². The summed E-state index contributed by atoms with van der Waals surface area (Å²) in [7, 11) is 0. The highest BCUT2D eigenvalue weighted by Crippen LogP contribution is 2.28. The van der Waals surface area contributed by atoms with Crippen molar-refractivity contribution in [1.29, 1.82) is 0 Å². The van der Waals surface area contributed by atoms with Crippen LogP contribution in [0.25, 0.3) is 11.0 Å². The lowest BCUT2D eigenvalue weighted by atomic mass is 9.86. The van der Waals surface area contributed by atoms with Crippen LogP contribution in [-0.2, 0) is 5.41 Å². The van der Waals surface area contributed by atoms with Gasteiger partial charge in [-0.25, -0.2) is 0 Å². The van der Waals surface area contributed by atoms with Crippen LogP contribution < -0.4 is 10.7 Å². The van der Waals surface area contributed by atoms with Crippen molar-refractivity contribution in [1.82, 2.24) is 10.2 Å².